The van der Waals surface area contributed by atoms with Gasteiger partial charge in [0.2, 0.25) is 0 Å². The number of benzene rings is 1. The van der Waals surface area contributed by atoms with Gasteiger partial charge in [0.05, 0.1) is 19.5 Å². The number of imidazole rings is 1. The summed E-state index contributed by atoms with van der Waals surface area (Å²) in [7, 11) is 1.65. The van der Waals surface area contributed by atoms with Crippen LogP contribution in [0.1, 0.15) is 42.9 Å². The number of aromatic nitrogens is 2. The van der Waals surface area contributed by atoms with Crippen molar-refractivity contribution in [1.82, 2.24) is 9.55 Å². The molecule has 1 aliphatic carbocycles. The molecule has 1 N–H and O–H groups in total. The summed E-state index contributed by atoms with van der Waals surface area (Å²) in [4.78, 5) is 20.2. The van der Waals surface area contributed by atoms with Crippen LogP contribution in [0.2, 0.25) is 0 Å². The third-order valence-electron chi connectivity index (χ3n) is 4.52. The number of unbranched alkanes of at least 4 members (excludes halogenated alkanes) is 1. The highest BCUT2D eigenvalue weighted by Crippen LogP contribution is 2.32. The van der Waals surface area contributed by atoms with Gasteiger partial charge in [-0.3, -0.25) is 4.79 Å². The summed E-state index contributed by atoms with van der Waals surface area (Å²) in [6.07, 6.45) is 8.72. The molecule has 26 heavy (non-hydrogen) atoms. The van der Waals surface area contributed by atoms with E-state index in [-0.39, 0.29) is 12.5 Å². The maximum absolute atomic E-state index is 10.6. The van der Waals surface area contributed by atoms with Crippen molar-refractivity contribution in [3.8, 4) is 5.75 Å². The Morgan fingerprint density at radius 3 is 3.04 bits per heavy atom. The van der Waals surface area contributed by atoms with Crippen molar-refractivity contribution in [2.75, 3.05) is 13.7 Å². The van der Waals surface area contributed by atoms with Crippen LogP contribution in [0.15, 0.2) is 42.1 Å². The van der Waals surface area contributed by atoms with Crippen LogP contribution in [-0.2, 0) is 16.1 Å². The number of oxime groups is 1. The molecule has 1 aromatic heterocycles. The third-order valence-corrected chi connectivity index (χ3v) is 4.52. The Bertz CT molecular complexity index is 771. The Morgan fingerprint density at radius 2 is 2.31 bits per heavy atom. The van der Waals surface area contributed by atoms with Crippen LogP contribution < -0.4 is 4.74 Å². The lowest BCUT2D eigenvalue weighted by Gasteiger charge is -2.27. The van der Waals surface area contributed by atoms with Crippen LogP contribution in [0, 0.1) is 0 Å². The van der Waals surface area contributed by atoms with Gasteiger partial charge >= 0.3 is 5.97 Å². The van der Waals surface area contributed by atoms with Gasteiger partial charge < -0.3 is 19.2 Å². The second-order valence-corrected chi connectivity index (χ2v) is 6.25. The van der Waals surface area contributed by atoms with Crippen LogP contribution >= 0.6 is 0 Å². The molecule has 0 radical (unpaired) electrons. The number of nitrogens with zero attached hydrogens (tertiary/aromatic N) is 3. The topological polar surface area (TPSA) is 85.9 Å². The number of carboxylic acid groups (broad SMARTS) is 1. The second kappa shape index (κ2) is 8.51. The van der Waals surface area contributed by atoms with E-state index in [0.717, 1.165) is 29.9 Å². The number of fused-ring (bicyclic) bond motifs is 1. The lowest BCUT2D eigenvalue weighted by molar-refractivity contribution is -0.137. The summed E-state index contributed by atoms with van der Waals surface area (Å²) < 4.78 is 7.40. The van der Waals surface area contributed by atoms with E-state index in [1.54, 1.807) is 19.6 Å². The number of aryl methyl sites for hydroxylation is 1. The van der Waals surface area contributed by atoms with Gasteiger partial charge in [-0.2, -0.15) is 0 Å². The second-order valence-electron chi connectivity index (χ2n) is 6.25. The number of carboxylic acids is 1. The maximum Gasteiger partial charge on any atom is 0.303 e. The molecular formula is C19H23N3O4. The average Bonchev–Trinajstić information content (AvgIpc) is 3.18. The largest absolute Gasteiger partial charge is 0.497 e. The molecule has 7 heteroatoms. The van der Waals surface area contributed by atoms with E-state index in [1.807, 2.05) is 22.9 Å². The molecular weight excluding hydrogens is 334 g/mol. The van der Waals surface area contributed by atoms with Crippen molar-refractivity contribution in [3.05, 3.63) is 48.0 Å². The predicted molar refractivity (Wildman–Crippen MR) is 96.6 cm³/mol. The molecule has 1 aromatic carbocycles. The van der Waals surface area contributed by atoms with Gasteiger partial charge in [-0.15, -0.1) is 0 Å². The van der Waals surface area contributed by atoms with Crippen LogP contribution in [-0.4, -0.2) is 40.1 Å². The van der Waals surface area contributed by atoms with Gasteiger partial charge in [0.1, 0.15) is 18.1 Å². The minimum absolute atomic E-state index is 0.0520. The number of aliphatic carboxylic acids is 1. The molecule has 2 aromatic rings. The zero-order valence-corrected chi connectivity index (χ0v) is 14.8. The summed E-state index contributed by atoms with van der Waals surface area (Å²) in [6.45, 7) is 0.396. The first kappa shape index (κ1) is 18.0. The number of carbonyl (C=O) groups is 1. The van der Waals surface area contributed by atoms with Gasteiger partial charge in [-0.05, 0) is 43.4 Å². The van der Waals surface area contributed by atoms with E-state index in [1.165, 1.54) is 5.56 Å². The van der Waals surface area contributed by atoms with Gasteiger partial charge in [-0.1, -0.05) is 11.2 Å². The Balaban J connectivity index is 1.79. The fraction of sp³-hybridized carbons (Fsp3) is 0.421. The van der Waals surface area contributed by atoms with Crippen LogP contribution in [0.4, 0.5) is 0 Å². The monoisotopic (exact) mass is 357 g/mol. The van der Waals surface area contributed by atoms with Crippen molar-refractivity contribution in [2.45, 2.75) is 38.1 Å². The average molecular weight is 357 g/mol. The Hall–Kier alpha value is -2.83. The lowest BCUT2D eigenvalue weighted by atomic mass is 9.86. The molecule has 0 amide bonds. The van der Waals surface area contributed by atoms with E-state index in [4.69, 9.17) is 14.7 Å². The van der Waals surface area contributed by atoms with E-state index >= 15 is 0 Å². The highest BCUT2D eigenvalue weighted by molar-refractivity contribution is 6.05. The van der Waals surface area contributed by atoms with E-state index in [2.05, 4.69) is 16.2 Å². The van der Waals surface area contributed by atoms with Crippen molar-refractivity contribution >= 4 is 11.7 Å². The first-order chi connectivity index (χ1) is 12.7. The Labute approximate surface area is 152 Å². The summed E-state index contributed by atoms with van der Waals surface area (Å²) in [5.41, 5.74) is 3.09. The van der Waals surface area contributed by atoms with Crippen LogP contribution in [0.3, 0.4) is 0 Å². The molecule has 138 valence electrons. The number of ether oxygens (including phenoxy) is 1. The van der Waals surface area contributed by atoms with E-state index in [0.29, 0.717) is 19.4 Å². The summed E-state index contributed by atoms with van der Waals surface area (Å²) in [5, 5.41) is 13.1. The molecule has 0 spiro atoms. The molecule has 0 aliphatic heterocycles. The minimum Gasteiger partial charge on any atom is -0.497 e. The predicted octanol–water partition coefficient (Wildman–Crippen LogP) is 3.05. The highest BCUT2D eigenvalue weighted by atomic mass is 16.6. The number of hydrogen-bond donors (Lipinski definition) is 1. The van der Waals surface area contributed by atoms with Gasteiger partial charge in [0, 0.05) is 24.4 Å². The maximum atomic E-state index is 10.6. The van der Waals surface area contributed by atoms with Gasteiger partial charge in [0.25, 0.3) is 0 Å². The first-order valence-electron chi connectivity index (χ1n) is 8.75. The van der Waals surface area contributed by atoms with E-state index < -0.39 is 5.97 Å². The third kappa shape index (κ3) is 4.22. The summed E-state index contributed by atoms with van der Waals surface area (Å²) in [6, 6.07) is 6.07. The SMILES string of the molecule is COc1ccc2c(c1)/C(=N/OCCCCC(=O)O)C(n1ccnc1)CC2. The minimum atomic E-state index is -0.787. The van der Waals surface area contributed by atoms with Crippen molar-refractivity contribution in [2.24, 2.45) is 5.16 Å². The molecule has 0 saturated carbocycles. The number of rotatable bonds is 8. The quantitative estimate of drug-likeness (QED) is 0.580. The van der Waals surface area contributed by atoms with Crippen molar-refractivity contribution in [1.29, 1.82) is 0 Å². The van der Waals surface area contributed by atoms with Gasteiger partial charge in [-0.25, -0.2) is 4.98 Å². The molecule has 1 aliphatic rings. The Morgan fingerprint density at radius 1 is 1.42 bits per heavy atom. The summed E-state index contributed by atoms with van der Waals surface area (Å²) >= 11 is 0. The standard InChI is InChI=1S/C19H23N3O4/c1-25-15-7-5-14-6-8-17(22-10-9-20-13-22)19(16(14)12-15)21-26-11-3-2-4-18(23)24/h5,7,9-10,12-13,17H,2-4,6,8,11H2,1H3,(H,23,24)/b21-19-. The molecule has 1 unspecified atom stereocenters. The molecule has 3 rings (SSSR count). The molecule has 0 fully saturated rings. The zero-order valence-electron chi connectivity index (χ0n) is 14.8. The normalized spacial score (nSPS) is 17.7. The molecule has 0 saturated heterocycles. The zero-order chi connectivity index (χ0) is 18.4. The fourth-order valence-corrected chi connectivity index (χ4v) is 3.16. The fourth-order valence-electron chi connectivity index (χ4n) is 3.16. The molecule has 1 heterocycles. The summed E-state index contributed by atoms with van der Waals surface area (Å²) in [5.74, 6) is -0.00558. The van der Waals surface area contributed by atoms with Crippen LogP contribution in [0.25, 0.3) is 0 Å². The lowest BCUT2D eigenvalue weighted by Crippen LogP contribution is -2.26. The van der Waals surface area contributed by atoms with Crippen molar-refractivity contribution < 1.29 is 19.5 Å². The van der Waals surface area contributed by atoms with E-state index in [9.17, 15) is 4.79 Å². The molecule has 1 atom stereocenters. The molecule has 7 nitrogen and oxygen atoms in total. The molecule has 0 bridgehead atoms. The van der Waals surface area contributed by atoms with Crippen molar-refractivity contribution in [3.63, 3.8) is 0 Å². The number of methoxy groups -OCH3 is 1. The first-order valence-corrected chi connectivity index (χ1v) is 8.75. The Kier molecular flexibility index (Phi) is 5.88. The highest BCUT2D eigenvalue weighted by Gasteiger charge is 2.28. The van der Waals surface area contributed by atoms with Crippen LogP contribution in [0.5, 0.6) is 5.75 Å². The van der Waals surface area contributed by atoms with Gasteiger partial charge in [0.15, 0.2) is 0 Å². The smallest absolute Gasteiger partial charge is 0.303 e. The number of hydrogen-bond acceptors (Lipinski definition) is 5.